The van der Waals surface area contributed by atoms with E-state index in [1.165, 1.54) is 0 Å². The maximum atomic E-state index is 12.2. The Morgan fingerprint density at radius 2 is 1.62 bits per heavy atom. The van der Waals surface area contributed by atoms with Crippen molar-refractivity contribution < 1.29 is 14.7 Å². The Morgan fingerprint density at radius 3 is 2.24 bits per heavy atom. The molecule has 0 aliphatic heterocycles. The molecule has 0 heterocycles. The van der Waals surface area contributed by atoms with Crippen LogP contribution < -0.4 is 5.32 Å². The number of hydrogen-bond acceptors (Lipinski definition) is 2. The van der Waals surface area contributed by atoms with Crippen molar-refractivity contribution in [3.05, 3.63) is 64.7 Å². The fourth-order valence-corrected chi connectivity index (χ4v) is 2.02. The Balaban J connectivity index is 2.25. The van der Waals surface area contributed by atoms with Crippen LogP contribution >= 0.6 is 0 Å². The third kappa shape index (κ3) is 3.92. The molecule has 2 aromatic carbocycles. The monoisotopic (exact) mass is 283 g/mol. The van der Waals surface area contributed by atoms with Crippen LogP contribution in [0, 0.1) is 13.8 Å². The van der Waals surface area contributed by atoms with E-state index < -0.39 is 5.97 Å². The Kier molecular flexibility index (Phi) is 4.38. The van der Waals surface area contributed by atoms with Gasteiger partial charge in [0.15, 0.2) is 0 Å². The summed E-state index contributed by atoms with van der Waals surface area (Å²) in [4.78, 5) is 23.1. The average molecular weight is 283 g/mol. The summed E-state index contributed by atoms with van der Waals surface area (Å²) in [5.41, 5.74) is 3.72. The van der Waals surface area contributed by atoms with Crippen molar-refractivity contribution in [2.24, 2.45) is 0 Å². The summed E-state index contributed by atoms with van der Waals surface area (Å²) in [5.74, 6) is -1.17. The van der Waals surface area contributed by atoms with Crippen LogP contribution in [-0.4, -0.2) is 17.0 Å². The number of nitrogens with one attached hydrogen (secondary N) is 1. The summed E-state index contributed by atoms with van der Waals surface area (Å²) in [5, 5.41) is 11.7. The van der Waals surface area contributed by atoms with Gasteiger partial charge in [-0.05, 0) is 43.2 Å². The highest BCUT2D eigenvalue weighted by Crippen LogP contribution is 2.19. The normalized spacial score (nSPS) is 10.2. The topological polar surface area (TPSA) is 66.4 Å². The number of carbonyl (C=O) groups is 2. The first kappa shape index (κ1) is 14.8. The third-order valence-corrected chi connectivity index (χ3v) is 3.17. The zero-order valence-electron chi connectivity index (χ0n) is 12.0. The van der Waals surface area contributed by atoms with Crippen LogP contribution in [0.15, 0.2) is 42.5 Å². The molecule has 0 atom stereocenters. The fraction of sp³-hybridized carbons (Fsp3) is 0.176. The number of amides is 1. The van der Waals surface area contributed by atoms with E-state index in [9.17, 15) is 9.59 Å². The van der Waals surface area contributed by atoms with E-state index in [1.54, 1.807) is 24.3 Å². The van der Waals surface area contributed by atoms with Gasteiger partial charge in [0.2, 0.25) is 0 Å². The van der Waals surface area contributed by atoms with E-state index in [4.69, 9.17) is 5.11 Å². The number of hydrogen-bond donors (Lipinski definition) is 2. The van der Waals surface area contributed by atoms with Crippen molar-refractivity contribution >= 4 is 17.6 Å². The quantitative estimate of drug-likeness (QED) is 0.905. The molecule has 0 saturated heterocycles. The number of aliphatic carboxylic acids is 1. The van der Waals surface area contributed by atoms with E-state index in [1.807, 2.05) is 32.0 Å². The van der Waals surface area contributed by atoms with Gasteiger partial charge in [0.1, 0.15) is 0 Å². The summed E-state index contributed by atoms with van der Waals surface area (Å²) in [6, 6.07) is 12.6. The molecule has 1 amide bonds. The van der Waals surface area contributed by atoms with Gasteiger partial charge >= 0.3 is 5.97 Å². The Bertz CT molecular complexity index is 675. The van der Waals surface area contributed by atoms with Crippen molar-refractivity contribution in [2.45, 2.75) is 20.3 Å². The Hall–Kier alpha value is -2.62. The molecule has 0 aliphatic rings. The summed E-state index contributed by atoms with van der Waals surface area (Å²) in [6.07, 6.45) is -0.121. The fourth-order valence-electron chi connectivity index (χ4n) is 2.02. The zero-order chi connectivity index (χ0) is 15.4. The number of carboxylic acids is 1. The van der Waals surface area contributed by atoms with E-state index in [0.29, 0.717) is 16.8 Å². The van der Waals surface area contributed by atoms with Gasteiger partial charge in [0.25, 0.3) is 5.91 Å². The molecule has 4 nitrogen and oxygen atoms in total. The number of rotatable bonds is 4. The van der Waals surface area contributed by atoms with Crippen LogP contribution in [0.25, 0.3) is 0 Å². The van der Waals surface area contributed by atoms with Gasteiger partial charge in [-0.2, -0.15) is 0 Å². The van der Waals surface area contributed by atoms with Crippen LogP contribution in [0.5, 0.6) is 0 Å². The highest BCUT2D eigenvalue weighted by atomic mass is 16.4. The van der Waals surface area contributed by atoms with Gasteiger partial charge in [-0.1, -0.05) is 29.8 Å². The predicted molar refractivity (Wildman–Crippen MR) is 81.7 cm³/mol. The molecular weight excluding hydrogens is 266 g/mol. The minimum atomic E-state index is -0.926. The molecule has 0 bridgehead atoms. The SMILES string of the molecule is Cc1ccc(C(=O)Nc2cc(C)ccc2CC(=O)O)cc1. The molecule has 2 aromatic rings. The smallest absolute Gasteiger partial charge is 0.307 e. The molecule has 21 heavy (non-hydrogen) atoms. The van der Waals surface area contributed by atoms with Crippen molar-refractivity contribution in [1.29, 1.82) is 0 Å². The third-order valence-electron chi connectivity index (χ3n) is 3.17. The van der Waals surface area contributed by atoms with E-state index in [2.05, 4.69) is 5.32 Å². The molecule has 0 fully saturated rings. The number of aryl methyl sites for hydroxylation is 2. The maximum absolute atomic E-state index is 12.2. The average Bonchev–Trinajstić information content (AvgIpc) is 2.42. The summed E-state index contributed by atoms with van der Waals surface area (Å²) < 4.78 is 0. The maximum Gasteiger partial charge on any atom is 0.307 e. The summed E-state index contributed by atoms with van der Waals surface area (Å²) >= 11 is 0. The lowest BCUT2D eigenvalue weighted by atomic mass is 10.1. The number of carbonyl (C=O) groups excluding carboxylic acids is 1. The minimum Gasteiger partial charge on any atom is -0.481 e. The zero-order valence-corrected chi connectivity index (χ0v) is 12.0. The van der Waals surface area contributed by atoms with Gasteiger partial charge in [-0.25, -0.2) is 0 Å². The molecule has 0 saturated carbocycles. The van der Waals surface area contributed by atoms with Crippen molar-refractivity contribution in [1.82, 2.24) is 0 Å². The first-order valence-electron chi connectivity index (χ1n) is 6.65. The van der Waals surface area contributed by atoms with Crippen molar-refractivity contribution in [3.8, 4) is 0 Å². The van der Waals surface area contributed by atoms with Crippen LogP contribution in [0.3, 0.4) is 0 Å². The number of anilines is 1. The lowest BCUT2D eigenvalue weighted by Gasteiger charge is -2.11. The second-order valence-corrected chi connectivity index (χ2v) is 5.05. The molecule has 0 aliphatic carbocycles. The van der Waals surface area contributed by atoms with Gasteiger partial charge in [-0.15, -0.1) is 0 Å². The van der Waals surface area contributed by atoms with Crippen LogP contribution in [0.4, 0.5) is 5.69 Å². The molecule has 0 radical (unpaired) electrons. The van der Waals surface area contributed by atoms with Gasteiger partial charge in [-0.3, -0.25) is 9.59 Å². The summed E-state index contributed by atoms with van der Waals surface area (Å²) in [6.45, 7) is 3.85. The standard InChI is InChI=1S/C17H17NO3/c1-11-3-6-13(7-4-11)17(21)18-15-9-12(2)5-8-14(15)10-16(19)20/h3-9H,10H2,1-2H3,(H,18,21)(H,19,20). The van der Waals surface area contributed by atoms with Gasteiger partial charge in [0, 0.05) is 11.3 Å². The molecule has 2 rings (SSSR count). The molecule has 2 N–H and O–H groups in total. The predicted octanol–water partition coefficient (Wildman–Crippen LogP) is 3.18. The summed E-state index contributed by atoms with van der Waals surface area (Å²) in [7, 11) is 0. The lowest BCUT2D eigenvalue weighted by molar-refractivity contribution is -0.136. The van der Waals surface area contributed by atoms with E-state index in [0.717, 1.165) is 11.1 Å². The highest BCUT2D eigenvalue weighted by Gasteiger charge is 2.11. The molecule has 0 aromatic heterocycles. The largest absolute Gasteiger partial charge is 0.481 e. The number of carboxylic acid groups (broad SMARTS) is 1. The van der Waals surface area contributed by atoms with Crippen LogP contribution in [0.2, 0.25) is 0 Å². The van der Waals surface area contributed by atoms with Gasteiger partial charge in [0.05, 0.1) is 6.42 Å². The lowest BCUT2D eigenvalue weighted by Crippen LogP contribution is -2.14. The minimum absolute atomic E-state index is 0.121. The van der Waals surface area contributed by atoms with Gasteiger partial charge < -0.3 is 10.4 Å². The van der Waals surface area contributed by atoms with Crippen molar-refractivity contribution in [2.75, 3.05) is 5.32 Å². The molecular formula is C17H17NO3. The molecule has 0 unspecified atom stereocenters. The second-order valence-electron chi connectivity index (χ2n) is 5.05. The second kappa shape index (κ2) is 6.22. The molecule has 108 valence electrons. The Labute approximate surface area is 123 Å². The highest BCUT2D eigenvalue weighted by molar-refractivity contribution is 6.04. The van der Waals surface area contributed by atoms with E-state index in [-0.39, 0.29) is 12.3 Å². The van der Waals surface area contributed by atoms with Crippen LogP contribution in [0.1, 0.15) is 27.0 Å². The molecule has 4 heteroatoms. The first-order valence-corrected chi connectivity index (χ1v) is 6.65. The van der Waals surface area contributed by atoms with Crippen molar-refractivity contribution in [3.63, 3.8) is 0 Å². The number of benzene rings is 2. The van der Waals surface area contributed by atoms with Crippen LogP contribution in [-0.2, 0) is 11.2 Å². The Morgan fingerprint density at radius 1 is 1.00 bits per heavy atom. The first-order chi connectivity index (χ1) is 9.95. The molecule has 0 spiro atoms. The van der Waals surface area contributed by atoms with E-state index >= 15 is 0 Å².